The van der Waals surface area contributed by atoms with Gasteiger partial charge in [0, 0.05) is 36.9 Å². The third-order valence-corrected chi connectivity index (χ3v) is 5.01. The van der Waals surface area contributed by atoms with E-state index in [1.807, 2.05) is 60.4 Å². The Balaban J connectivity index is 1.61. The van der Waals surface area contributed by atoms with Crippen molar-refractivity contribution in [1.82, 2.24) is 4.90 Å². The van der Waals surface area contributed by atoms with Crippen LogP contribution in [0.25, 0.3) is 0 Å². The standard InChI is InChI=1S/C21H25ClN2O2/c1-3-20(26-18-7-5-4-6-8-18)21(25)24-13-11-23(12-14-24)19-15-17(22)10-9-16(19)2/h4-10,15,20H,3,11-14H2,1-2H3/t20-/m0/s1. The summed E-state index contributed by atoms with van der Waals surface area (Å²) in [6, 6.07) is 15.5. The molecule has 1 saturated heterocycles. The number of carbonyl (C=O) groups excluding carboxylic acids is 1. The summed E-state index contributed by atoms with van der Waals surface area (Å²) in [6.07, 6.45) is 0.221. The van der Waals surface area contributed by atoms with Gasteiger partial charge in [0.2, 0.25) is 0 Å². The predicted molar refractivity (Wildman–Crippen MR) is 106 cm³/mol. The Labute approximate surface area is 160 Å². The summed E-state index contributed by atoms with van der Waals surface area (Å²) < 4.78 is 5.90. The molecule has 2 aromatic carbocycles. The number of piperazine rings is 1. The van der Waals surface area contributed by atoms with Crippen molar-refractivity contribution in [1.29, 1.82) is 0 Å². The van der Waals surface area contributed by atoms with Crippen LogP contribution in [0.4, 0.5) is 5.69 Å². The number of aryl methyl sites for hydroxylation is 1. The lowest BCUT2D eigenvalue weighted by Crippen LogP contribution is -2.52. The second-order valence-corrected chi connectivity index (χ2v) is 7.01. The van der Waals surface area contributed by atoms with Crippen LogP contribution in [0, 0.1) is 6.92 Å². The van der Waals surface area contributed by atoms with Gasteiger partial charge in [-0.3, -0.25) is 4.79 Å². The maximum absolute atomic E-state index is 12.9. The molecule has 1 heterocycles. The first-order valence-corrected chi connectivity index (χ1v) is 9.48. The van der Waals surface area contributed by atoms with Crippen LogP contribution in [-0.4, -0.2) is 43.1 Å². The highest BCUT2D eigenvalue weighted by atomic mass is 35.5. The maximum Gasteiger partial charge on any atom is 0.263 e. The van der Waals surface area contributed by atoms with Crippen LogP contribution in [0.1, 0.15) is 18.9 Å². The van der Waals surface area contributed by atoms with E-state index in [9.17, 15) is 4.79 Å². The molecular weight excluding hydrogens is 348 g/mol. The summed E-state index contributed by atoms with van der Waals surface area (Å²) in [4.78, 5) is 17.1. The summed E-state index contributed by atoms with van der Waals surface area (Å²) >= 11 is 6.14. The summed E-state index contributed by atoms with van der Waals surface area (Å²) in [6.45, 7) is 7.06. The van der Waals surface area contributed by atoms with E-state index in [0.29, 0.717) is 19.5 Å². The molecule has 138 valence electrons. The molecule has 4 nitrogen and oxygen atoms in total. The van der Waals surface area contributed by atoms with Crippen LogP contribution in [-0.2, 0) is 4.79 Å². The van der Waals surface area contributed by atoms with E-state index in [1.165, 1.54) is 5.56 Å². The molecule has 0 bridgehead atoms. The van der Waals surface area contributed by atoms with Gasteiger partial charge in [0.1, 0.15) is 5.75 Å². The average Bonchev–Trinajstić information content (AvgIpc) is 2.68. The molecule has 1 aliphatic heterocycles. The van der Waals surface area contributed by atoms with Crippen molar-refractivity contribution < 1.29 is 9.53 Å². The van der Waals surface area contributed by atoms with Crippen molar-refractivity contribution in [3.63, 3.8) is 0 Å². The molecule has 26 heavy (non-hydrogen) atoms. The lowest BCUT2D eigenvalue weighted by atomic mass is 10.1. The Morgan fingerprint density at radius 3 is 2.46 bits per heavy atom. The topological polar surface area (TPSA) is 32.8 Å². The molecule has 0 aliphatic carbocycles. The fraction of sp³-hybridized carbons (Fsp3) is 0.381. The fourth-order valence-electron chi connectivity index (χ4n) is 3.27. The van der Waals surface area contributed by atoms with E-state index in [4.69, 9.17) is 16.3 Å². The minimum Gasteiger partial charge on any atom is -0.481 e. The monoisotopic (exact) mass is 372 g/mol. The highest BCUT2D eigenvalue weighted by Crippen LogP contribution is 2.25. The second-order valence-electron chi connectivity index (χ2n) is 6.57. The average molecular weight is 373 g/mol. The van der Waals surface area contributed by atoms with Crippen molar-refractivity contribution >= 4 is 23.2 Å². The van der Waals surface area contributed by atoms with E-state index in [0.717, 1.165) is 29.5 Å². The van der Waals surface area contributed by atoms with Crippen molar-refractivity contribution in [3.8, 4) is 5.75 Å². The molecule has 1 fully saturated rings. The van der Waals surface area contributed by atoms with E-state index in [2.05, 4.69) is 11.8 Å². The normalized spacial score (nSPS) is 15.7. The lowest BCUT2D eigenvalue weighted by Gasteiger charge is -2.38. The Morgan fingerprint density at radius 2 is 1.81 bits per heavy atom. The summed E-state index contributed by atoms with van der Waals surface area (Å²) in [5.74, 6) is 0.805. The Bertz CT molecular complexity index is 743. The summed E-state index contributed by atoms with van der Waals surface area (Å²) in [5.41, 5.74) is 2.35. The zero-order valence-electron chi connectivity index (χ0n) is 15.3. The van der Waals surface area contributed by atoms with Gasteiger partial charge in [-0.1, -0.05) is 42.8 Å². The number of ether oxygens (including phenoxy) is 1. The largest absolute Gasteiger partial charge is 0.481 e. The molecule has 1 amide bonds. The van der Waals surface area contributed by atoms with Gasteiger partial charge in [-0.2, -0.15) is 0 Å². The van der Waals surface area contributed by atoms with Crippen LogP contribution in [0.2, 0.25) is 5.02 Å². The molecule has 0 spiro atoms. The Morgan fingerprint density at radius 1 is 1.12 bits per heavy atom. The van der Waals surface area contributed by atoms with E-state index < -0.39 is 6.10 Å². The van der Waals surface area contributed by atoms with Gasteiger partial charge < -0.3 is 14.5 Å². The number of anilines is 1. The lowest BCUT2D eigenvalue weighted by molar-refractivity contribution is -0.139. The minimum absolute atomic E-state index is 0.0684. The molecular formula is C21H25ClN2O2. The summed E-state index contributed by atoms with van der Waals surface area (Å²) in [5, 5.41) is 0.742. The fourth-order valence-corrected chi connectivity index (χ4v) is 3.43. The van der Waals surface area contributed by atoms with Crippen LogP contribution in [0.5, 0.6) is 5.75 Å². The van der Waals surface area contributed by atoms with Gasteiger partial charge in [0.05, 0.1) is 0 Å². The number of carbonyl (C=O) groups is 1. The molecule has 0 unspecified atom stereocenters. The van der Waals surface area contributed by atoms with E-state index >= 15 is 0 Å². The minimum atomic E-state index is -0.433. The van der Waals surface area contributed by atoms with Gasteiger partial charge in [-0.05, 0) is 43.2 Å². The number of para-hydroxylation sites is 1. The first-order valence-electron chi connectivity index (χ1n) is 9.10. The highest BCUT2D eigenvalue weighted by molar-refractivity contribution is 6.30. The quantitative estimate of drug-likeness (QED) is 0.790. The van der Waals surface area contributed by atoms with Gasteiger partial charge in [-0.25, -0.2) is 0 Å². The number of rotatable bonds is 5. The second kappa shape index (κ2) is 8.45. The molecule has 3 rings (SSSR count). The highest BCUT2D eigenvalue weighted by Gasteiger charge is 2.28. The molecule has 1 aliphatic rings. The number of hydrogen-bond acceptors (Lipinski definition) is 3. The van der Waals surface area contributed by atoms with Crippen LogP contribution < -0.4 is 9.64 Å². The SMILES string of the molecule is CC[C@H](Oc1ccccc1)C(=O)N1CCN(c2cc(Cl)ccc2C)CC1. The number of benzene rings is 2. The smallest absolute Gasteiger partial charge is 0.263 e. The predicted octanol–water partition coefficient (Wildman–Crippen LogP) is 4.15. The molecule has 1 atom stereocenters. The third kappa shape index (κ3) is 4.31. The van der Waals surface area contributed by atoms with Crippen LogP contribution in [0.3, 0.4) is 0 Å². The maximum atomic E-state index is 12.9. The van der Waals surface area contributed by atoms with Crippen molar-refractivity contribution in [2.24, 2.45) is 0 Å². The molecule has 0 radical (unpaired) electrons. The number of amides is 1. The van der Waals surface area contributed by atoms with E-state index in [1.54, 1.807) is 0 Å². The Hall–Kier alpha value is -2.20. The van der Waals surface area contributed by atoms with Crippen LogP contribution >= 0.6 is 11.6 Å². The van der Waals surface area contributed by atoms with Gasteiger partial charge >= 0.3 is 0 Å². The first kappa shape index (κ1) is 18.6. The number of nitrogens with zero attached hydrogens (tertiary/aromatic N) is 2. The molecule has 0 aromatic heterocycles. The number of halogens is 1. The van der Waals surface area contributed by atoms with Gasteiger partial charge in [0.15, 0.2) is 6.10 Å². The molecule has 0 N–H and O–H groups in total. The van der Waals surface area contributed by atoms with Gasteiger partial charge in [0.25, 0.3) is 5.91 Å². The van der Waals surface area contributed by atoms with Crippen molar-refractivity contribution in [2.45, 2.75) is 26.4 Å². The van der Waals surface area contributed by atoms with E-state index in [-0.39, 0.29) is 5.91 Å². The summed E-state index contributed by atoms with van der Waals surface area (Å²) in [7, 11) is 0. The van der Waals surface area contributed by atoms with Crippen molar-refractivity contribution in [2.75, 3.05) is 31.1 Å². The molecule has 5 heteroatoms. The van der Waals surface area contributed by atoms with Crippen molar-refractivity contribution in [3.05, 3.63) is 59.1 Å². The van der Waals surface area contributed by atoms with Crippen LogP contribution in [0.15, 0.2) is 48.5 Å². The zero-order chi connectivity index (χ0) is 18.5. The molecule has 2 aromatic rings. The first-order chi connectivity index (χ1) is 12.6. The molecule has 0 saturated carbocycles. The Kier molecular flexibility index (Phi) is 6.04. The van der Waals surface area contributed by atoms with Gasteiger partial charge in [-0.15, -0.1) is 0 Å². The zero-order valence-corrected chi connectivity index (χ0v) is 16.1. The third-order valence-electron chi connectivity index (χ3n) is 4.77. The number of hydrogen-bond donors (Lipinski definition) is 0.